The average Bonchev–Trinajstić information content (AvgIpc) is 3.51. The molecule has 1 N–H and O–H groups in total. The van der Waals surface area contributed by atoms with Gasteiger partial charge in [0.1, 0.15) is 23.3 Å². The minimum Gasteiger partial charge on any atom is -0.467 e. The number of thiocarbonyl (C=S) groups is 1. The highest BCUT2D eigenvalue weighted by Gasteiger charge is 2.42. The van der Waals surface area contributed by atoms with E-state index in [0.717, 1.165) is 28.5 Å². The van der Waals surface area contributed by atoms with Crippen LogP contribution in [0.4, 0.5) is 0 Å². The maximum absolute atomic E-state index is 6.30. The van der Waals surface area contributed by atoms with Gasteiger partial charge in [-0.25, -0.2) is 0 Å². The lowest BCUT2D eigenvalue weighted by molar-refractivity contribution is 0.253. The van der Waals surface area contributed by atoms with Crippen LogP contribution < -0.4 is 5.32 Å². The summed E-state index contributed by atoms with van der Waals surface area (Å²) in [6, 6.07) is 23.6. The molecular weight excluding hydrogens is 382 g/mol. The van der Waals surface area contributed by atoms with Crippen molar-refractivity contribution in [1.29, 1.82) is 0 Å². The van der Waals surface area contributed by atoms with Crippen LogP contribution >= 0.6 is 12.2 Å². The molecule has 6 heteroatoms. The summed E-state index contributed by atoms with van der Waals surface area (Å²) in [4.78, 5) is 6.65. The van der Waals surface area contributed by atoms with Crippen LogP contribution in [0.3, 0.4) is 0 Å². The summed E-state index contributed by atoms with van der Waals surface area (Å²) in [5, 5.41) is 4.08. The van der Waals surface area contributed by atoms with Gasteiger partial charge in [0, 0.05) is 11.8 Å². The number of hydrogen-bond acceptors (Lipinski definition) is 4. The highest BCUT2D eigenvalue weighted by atomic mass is 32.1. The first-order valence-electron chi connectivity index (χ1n) is 9.45. The first kappa shape index (κ1) is 17.7. The highest BCUT2D eigenvalue weighted by molar-refractivity contribution is 7.80. The van der Waals surface area contributed by atoms with Gasteiger partial charge < -0.3 is 19.1 Å². The van der Waals surface area contributed by atoms with Crippen molar-refractivity contribution in [2.24, 2.45) is 0 Å². The summed E-state index contributed by atoms with van der Waals surface area (Å²) in [5.41, 5.74) is 1.96. The Hall–Kier alpha value is -3.38. The highest BCUT2D eigenvalue weighted by Crippen LogP contribution is 2.41. The van der Waals surface area contributed by atoms with Gasteiger partial charge in [-0.3, -0.25) is 4.98 Å². The summed E-state index contributed by atoms with van der Waals surface area (Å²) < 4.78 is 11.9. The van der Waals surface area contributed by atoms with Crippen molar-refractivity contribution in [1.82, 2.24) is 15.2 Å². The van der Waals surface area contributed by atoms with Crippen LogP contribution in [0, 0.1) is 0 Å². The lowest BCUT2D eigenvalue weighted by atomic mass is 10.0. The molecule has 2 atom stereocenters. The van der Waals surface area contributed by atoms with Crippen LogP contribution in [0.1, 0.15) is 29.3 Å². The average molecular weight is 401 g/mol. The third-order valence-corrected chi connectivity index (χ3v) is 5.43. The molecule has 1 saturated heterocycles. The zero-order valence-corrected chi connectivity index (χ0v) is 16.4. The molecule has 1 aliphatic rings. The monoisotopic (exact) mass is 401 g/mol. The van der Waals surface area contributed by atoms with Crippen molar-refractivity contribution in [2.75, 3.05) is 0 Å². The number of nitrogens with zero attached hydrogens (tertiary/aromatic N) is 2. The molecule has 4 heterocycles. The molecule has 29 heavy (non-hydrogen) atoms. The Kier molecular flexibility index (Phi) is 4.62. The molecule has 0 unspecified atom stereocenters. The van der Waals surface area contributed by atoms with Gasteiger partial charge in [0.05, 0.1) is 24.5 Å². The maximum Gasteiger partial charge on any atom is 0.170 e. The Morgan fingerprint density at radius 2 is 1.83 bits per heavy atom. The van der Waals surface area contributed by atoms with E-state index in [2.05, 4.69) is 15.2 Å². The second-order valence-electron chi connectivity index (χ2n) is 6.90. The van der Waals surface area contributed by atoms with E-state index in [0.29, 0.717) is 11.7 Å². The minimum atomic E-state index is -0.139. The van der Waals surface area contributed by atoms with Gasteiger partial charge in [-0.05, 0) is 48.6 Å². The summed E-state index contributed by atoms with van der Waals surface area (Å²) in [7, 11) is 0. The standard InChI is InChI=1S/C23H19N3O2S/c29-23-25-21(18-10-4-5-13-24-18)22(26(23)15-17-9-6-14-27-17)20-12-11-19(28-20)16-7-2-1-3-8-16/h1-14,21-22H,15H2,(H,25,29)/t21-,22-/m0/s1. The third-order valence-electron chi connectivity index (χ3n) is 5.08. The molecule has 1 aliphatic heterocycles. The second-order valence-corrected chi connectivity index (χ2v) is 7.29. The second kappa shape index (κ2) is 7.56. The SMILES string of the molecule is S=C1N[C@@H](c2ccccn2)[C@H](c2ccc(-c3ccccc3)o2)N1Cc1ccco1. The van der Waals surface area contributed by atoms with Gasteiger partial charge in [-0.1, -0.05) is 36.4 Å². The Morgan fingerprint density at radius 1 is 0.966 bits per heavy atom. The van der Waals surface area contributed by atoms with Crippen LogP contribution in [-0.4, -0.2) is 15.0 Å². The fourth-order valence-corrected chi connectivity index (χ4v) is 4.03. The van der Waals surface area contributed by atoms with E-state index in [4.69, 9.17) is 21.1 Å². The van der Waals surface area contributed by atoms with Gasteiger partial charge in [-0.2, -0.15) is 0 Å². The molecule has 3 aromatic heterocycles. The van der Waals surface area contributed by atoms with Crippen molar-refractivity contribution in [2.45, 2.75) is 18.6 Å². The number of rotatable bonds is 5. The van der Waals surface area contributed by atoms with E-state index < -0.39 is 0 Å². The number of furan rings is 2. The number of pyridine rings is 1. The quantitative estimate of drug-likeness (QED) is 0.469. The topological polar surface area (TPSA) is 54.4 Å². The van der Waals surface area contributed by atoms with Crippen LogP contribution in [0.25, 0.3) is 11.3 Å². The largest absolute Gasteiger partial charge is 0.467 e. The number of nitrogens with one attached hydrogen (secondary N) is 1. The number of aromatic nitrogens is 1. The summed E-state index contributed by atoms with van der Waals surface area (Å²) in [6.07, 6.45) is 3.47. The molecule has 5 nitrogen and oxygen atoms in total. The Labute approximate surface area is 174 Å². The Morgan fingerprint density at radius 3 is 2.59 bits per heavy atom. The Balaban J connectivity index is 1.54. The summed E-state index contributed by atoms with van der Waals surface area (Å²) in [6.45, 7) is 0.550. The van der Waals surface area contributed by atoms with Crippen molar-refractivity contribution >= 4 is 17.3 Å². The molecule has 5 rings (SSSR count). The van der Waals surface area contributed by atoms with E-state index in [1.54, 1.807) is 12.5 Å². The molecule has 0 amide bonds. The van der Waals surface area contributed by atoms with Gasteiger partial charge in [-0.15, -0.1) is 0 Å². The molecule has 0 saturated carbocycles. The van der Waals surface area contributed by atoms with Crippen LogP contribution in [0.2, 0.25) is 0 Å². The normalized spacial score (nSPS) is 18.8. The Bertz CT molecular complexity index is 1090. The summed E-state index contributed by atoms with van der Waals surface area (Å²) in [5.74, 6) is 2.50. The molecule has 144 valence electrons. The van der Waals surface area contributed by atoms with Crippen LogP contribution in [0.15, 0.2) is 94.1 Å². The van der Waals surface area contributed by atoms with Crippen molar-refractivity contribution < 1.29 is 8.83 Å². The van der Waals surface area contributed by atoms with E-state index in [-0.39, 0.29) is 12.1 Å². The first-order valence-corrected chi connectivity index (χ1v) is 9.86. The predicted molar refractivity (Wildman–Crippen MR) is 114 cm³/mol. The molecule has 1 fully saturated rings. The van der Waals surface area contributed by atoms with Crippen molar-refractivity contribution in [3.8, 4) is 11.3 Å². The summed E-state index contributed by atoms with van der Waals surface area (Å²) >= 11 is 5.67. The zero-order valence-electron chi connectivity index (χ0n) is 15.6. The fourth-order valence-electron chi connectivity index (χ4n) is 3.72. The third kappa shape index (κ3) is 3.43. The van der Waals surface area contributed by atoms with E-state index in [9.17, 15) is 0 Å². The molecule has 0 radical (unpaired) electrons. The smallest absolute Gasteiger partial charge is 0.170 e. The lowest BCUT2D eigenvalue weighted by Crippen LogP contribution is -2.28. The molecule has 1 aromatic carbocycles. The number of benzene rings is 1. The van der Waals surface area contributed by atoms with Crippen molar-refractivity contribution in [3.05, 3.63) is 102 Å². The van der Waals surface area contributed by atoms with E-state index in [1.807, 2.05) is 72.8 Å². The van der Waals surface area contributed by atoms with Gasteiger partial charge in [0.2, 0.25) is 0 Å². The molecular formula is C23H19N3O2S. The maximum atomic E-state index is 6.30. The fraction of sp³-hybridized carbons (Fsp3) is 0.130. The minimum absolute atomic E-state index is 0.117. The van der Waals surface area contributed by atoms with Gasteiger partial charge in [0.15, 0.2) is 5.11 Å². The van der Waals surface area contributed by atoms with Crippen molar-refractivity contribution in [3.63, 3.8) is 0 Å². The molecule has 0 spiro atoms. The lowest BCUT2D eigenvalue weighted by Gasteiger charge is -2.25. The predicted octanol–water partition coefficient (Wildman–Crippen LogP) is 5.11. The van der Waals surface area contributed by atoms with E-state index >= 15 is 0 Å². The zero-order chi connectivity index (χ0) is 19.6. The van der Waals surface area contributed by atoms with Crippen LogP contribution in [-0.2, 0) is 6.54 Å². The number of hydrogen-bond donors (Lipinski definition) is 1. The first-order chi connectivity index (χ1) is 14.3. The molecule has 0 bridgehead atoms. The van der Waals surface area contributed by atoms with Gasteiger partial charge >= 0.3 is 0 Å². The van der Waals surface area contributed by atoms with E-state index in [1.165, 1.54) is 0 Å². The molecule has 0 aliphatic carbocycles. The van der Waals surface area contributed by atoms with Gasteiger partial charge in [0.25, 0.3) is 0 Å². The molecule has 4 aromatic rings. The van der Waals surface area contributed by atoms with Crippen LogP contribution in [0.5, 0.6) is 0 Å².